The number of nitrogens with one attached hydrogen (secondary N) is 1. The van der Waals surface area contributed by atoms with Crippen molar-refractivity contribution in [2.45, 2.75) is 26.2 Å². The molecule has 4 heteroatoms. The molecule has 2 nitrogen and oxygen atoms in total. The zero-order valence-corrected chi connectivity index (χ0v) is 11.0. The molecular weight excluding hydrogens is 262 g/mol. The van der Waals surface area contributed by atoms with Crippen LogP contribution in [0.1, 0.15) is 25.6 Å². The molecule has 0 aromatic carbocycles. The molecule has 0 aliphatic carbocycles. The summed E-state index contributed by atoms with van der Waals surface area (Å²) in [6.45, 7) is 6.47. The van der Waals surface area contributed by atoms with Crippen molar-refractivity contribution in [3.63, 3.8) is 0 Å². The van der Waals surface area contributed by atoms with Gasteiger partial charge in [0.2, 0.25) is 5.91 Å². The molecule has 0 aliphatic rings. The van der Waals surface area contributed by atoms with Crippen molar-refractivity contribution < 1.29 is 4.79 Å². The summed E-state index contributed by atoms with van der Waals surface area (Å²) in [5, 5.41) is 2.85. The molecule has 1 amide bonds. The van der Waals surface area contributed by atoms with Gasteiger partial charge in [-0.2, -0.15) is 0 Å². The van der Waals surface area contributed by atoms with Gasteiger partial charge < -0.3 is 5.32 Å². The van der Waals surface area contributed by atoms with Crippen molar-refractivity contribution in [1.82, 2.24) is 5.32 Å². The molecule has 0 aliphatic heterocycles. The standard InChI is InChI=1S/C10H14BrNOS/c1-7(13)12-6-10(2,3)8-4-5-9(11)14-8/h4-5H,6H2,1-3H3,(H,12,13). The Kier molecular flexibility index (Phi) is 3.72. The van der Waals surface area contributed by atoms with Crippen molar-refractivity contribution in [2.75, 3.05) is 6.54 Å². The Labute approximate surface area is 96.8 Å². The molecule has 1 N–H and O–H groups in total. The van der Waals surface area contributed by atoms with Crippen molar-refractivity contribution >= 4 is 33.2 Å². The minimum absolute atomic E-state index is 0.00234. The lowest BCUT2D eigenvalue weighted by Gasteiger charge is -2.23. The number of hydrogen-bond donors (Lipinski definition) is 1. The first-order valence-corrected chi connectivity index (χ1v) is 6.03. The molecule has 0 fully saturated rings. The second-order valence-corrected chi connectivity index (χ2v) is 6.36. The highest BCUT2D eigenvalue weighted by Gasteiger charge is 2.22. The molecule has 1 rings (SSSR count). The van der Waals surface area contributed by atoms with Crippen LogP contribution < -0.4 is 5.32 Å². The summed E-state index contributed by atoms with van der Waals surface area (Å²) in [4.78, 5) is 12.1. The van der Waals surface area contributed by atoms with Gasteiger partial charge in [0.15, 0.2) is 0 Å². The second-order valence-electron chi connectivity index (χ2n) is 3.90. The number of amides is 1. The summed E-state index contributed by atoms with van der Waals surface area (Å²) in [6, 6.07) is 4.13. The molecule has 1 aromatic heterocycles. The fourth-order valence-corrected chi connectivity index (χ4v) is 2.60. The Morgan fingerprint density at radius 2 is 2.21 bits per heavy atom. The van der Waals surface area contributed by atoms with E-state index in [-0.39, 0.29) is 11.3 Å². The van der Waals surface area contributed by atoms with Crippen LogP contribution >= 0.6 is 27.3 Å². The van der Waals surface area contributed by atoms with Crippen molar-refractivity contribution in [3.8, 4) is 0 Å². The Morgan fingerprint density at radius 3 is 2.64 bits per heavy atom. The van der Waals surface area contributed by atoms with Crippen LogP contribution in [-0.2, 0) is 10.2 Å². The van der Waals surface area contributed by atoms with Gasteiger partial charge in [-0.25, -0.2) is 0 Å². The zero-order valence-electron chi connectivity index (χ0n) is 8.56. The fraction of sp³-hybridized carbons (Fsp3) is 0.500. The average molecular weight is 276 g/mol. The van der Waals surface area contributed by atoms with Crippen LogP contribution in [0.2, 0.25) is 0 Å². The number of rotatable bonds is 3. The molecule has 78 valence electrons. The quantitative estimate of drug-likeness (QED) is 0.903. The molecule has 0 saturated carbocycles. The molecule has 0 bridgehead atoms. The minimum Gasteiger partial charge on any atom is -0.355 e. The van der Waals surface area contributed by atoms with Gasteiger partial charge in [0.25, 0.3) is 0 Å². The van der Waals surface area contributed by atoms with E-state index in [1.807, 2.05) is 6.07 Å². The summed E-state index contributed by atoms with van der Waals surface area (Å²) >= 11 is 5.15. The number of halogens is 1. The predicted octanol–water partition coefficient (Wildman–Crippen LogP) is 2.92. The largest absolute Gasteiger partial charge is 0.355 e. The van der Waals surface area contributed by atoms with Crippen LogP contribution in [0.5, 0.6) is 0 Å². The molecule has 0 atom stereocenters. The lowest BCUT2D eigenvalue weighted by Crippen LogP contribution is -2.34. The highest BCUT2D eigenvalue weighted by molar-refractivity contribution is 9.11. The van der Waals surface area contributed by atoms with E-state index in [1.165, 1.54) is 4.88 Å². The summed E-state index contributed by atoms with van der Waals surface area (Å²) in [5.74, 6) is 0.0219. The van der Waals surface area contributed by atoms with E-state index in [0.717, 1.165) is 3.79 Å². The maximum absolute atomic E-state index is 10.8. The van der Waals surface area contributed by atoms with Crippen LogP contribution in [0.25, 0.3) is 0 Å². The van der Waals surface area contributed by atoms with E-state index in [9.17, 15) is 4.79 Å². The Hall–Kier alpha value is -0.350. The van der Waals surface area contributed by atoms with Gasteiger partial charge in [0.05, 0.1) is 3.79 Å². The van der Waals surface area contributed by atoms with E-state index in [2.05, 4.69) is 41.2 Å². The molecule has 0 saturated heterocycles. The van der Waals surface area contributed by atoms with Gasteiger partial charge in [0, 0.05) is 23.8 Å². The summed E-state index contributed by atoms with van der Waals surface area (Å²) in [5.41, 5.74) is 0.00234. The Bertz CT molecular complexity index is 333. The van der Waals surface area contributed by atoms with Crippen LogP contribution in [0.3, 0.4) is 0 Å². The third kappa shape index (κ3) is 3.10. The summed E-state index contributed by atoms with van der Waals surface area (Å²) in [7, 11) is 0. The molecule has 1 heterocycles. The summed E-state index contributed by atoms with van der Waals surface area (Å²) in [6.07, 6.45) is 0. The van der Waals surface area contributed by atoms with Gasteiger partial charge in [-0.15, -0.1) is 11.3 Å². The monoisotopic (exact) mass is 275 g/mol. The van der Waals surface area contributed by atoms with Crippen molar-refractivity contribution in [1.29, 1.82) is 0 Å². The topological polar surface area (TPSA) is 29.1 Å². The normalized spacial score (nSPS) is 11.4. The lowest BCUT2D eigenvalue weighted by molar-refractivity contribution is -0.119. The highest BCUT2D eigenvalue weighted by Crippen LogP contribution is 2.32. The van der Waals surface area contributed by atoms with E-state index >= 15 is 0 Å². The highest BCUT2D eigenvalue weighted by atomic mass is 79.9. The number of hydrogen-bond acceptors (Lipinski definition) is 2. The second kappa shape index (κ2) is 4.45. The molecule has 0 spiro atoms. The van der Waals surface area contributed by atoms with Crippen LogP contribution in [0.15, 0.2) is 15.9 Å². The van der Waals surface area contributed by atoms with Gasteiger partial charge in [-0.3, -0.25) is 4.79 Å². The van der Waals surface area contributed by atoms with Crippen molar-refractivity contribution in [2.24, 2.45) is 0 Å². The predicted molar refractivity (Wildman–Crippen MR) is 63.7 cm³/mol. The average Bonchev–Trinajstić information content (AvgIpc) is 2.49. The fourth-order valence-electron chi connectivity index (χ4n) is 1.11. The van der Waals surface area contributed by atoms with Crippen molar-refractivity contribution in [3.05, 3.63) is 20.8 Å². The molecular formula is C10H14BrNOS. The minimum atomic E-state index is 0.00234. The maximum atomic E-state index is 10.8. The van der Waals surface area contributed by atoms with E-state index in [0.29, 0.717) is 6.54 Å². The first kappa shape index (κ1) is 11.7. The number of carbonyl (C=O) groups excluding carboxylic acids is 1. The zero-order chi connectivity index (χ0) is 10.8. The third-order valence-corrected chi connectivity index (χ3v) is 4.01. The molecule has 0 radical (unpaired) electrons. The smallest absolute Gasteiger partial charge is 0.216 e. The van der Waals surface area contributed by atoms with Gasteiger partial charge >= 0.3 is 0 Å². The molecule has 14 heavy (non-hydrogen) atoms. The van der Waals surface area contributed by atoms with E-state index in [1.54, 1.807) is 18.3 Å². The molecule has 1 aromatic rings. The lowest BCUT2D eigenvalue weighted by atomic mass is 9.91. The number of carbonyl (C=O) groups is 1. The van der Waals surface area contributed by atoms with Gasteiger partial charge in [-0.1, -0.05) is 13.8 Å². The molecule has 0 unspecified atom stereocenters. The number of thiophene rings is 1. The maximum Gasteiger partial charge on any atom is 0.216 e. The third-order valence-electron chi connectivity index (χ3n) is 2.02. The Balaban J connectivity index is 2.69. The van der Waals surface area contributed by atoms with Crippen LogP contribution in [0, 0.1) is 0 Å². The van der Waals surface area contributed by atoms with Gasteiger partial charge in [-0.05, 0) is 28.1 Å². The van der Waals surface area contributed by atoms with Crippen LogP contribution in [0.4, 0.5) is 0 Å². The van der Waals surface area contributed by atoms with E-state index < -0.39 is 0 Å². The SMILES string of the molecule is CC(=O)NCC(C)(C)c1ccc(Br)s1. The van der Waals surface area contributed by atoms with Gasteiger partial charge in [0.1, 0.15) is 0 Å². The Morgan fingerprint density at radius 1 is 1.57 bits per heavy atom. The first-order valence-electron chi connectivity index (χ1n) is 4.42. The summed E-state index contributed by atoms with van der Waals surface area (Å²) < 4.78 is 1.13. The van der Waals surface area contributed by atoms with Crippen LogP contribution in [-0.4, -0.2) is 12.5 Å². The first-order chi connectivity index (χ1) is 6.42. The van der Waals surface area contributed by atoms with E-state index in [4.69, 9.17) is 0 Å².